The zero-order valence-corrected chi connectivity index (χ0v) is 17.8. The summed E-state index contributed by atoms with van der Waals surface area (Å²) in [6.45, 7) is 0. The maximum absolute atomic E-state index is 13.0. The fourth-order valence-electron chi connectivity index (χ4n) is 2.73. The summed E-state index contributed by atoms with van der Waals surface area (Å²) in [5.74, 6) is -1.88. The van der Waals surface area contributed by atoms with Crippen molar-refractivity contribution < 1.29 is 52.3 Å². The molecule has 1 fully saturated rings. The third-order valence-electron chi connectivity index (χ3n) is 4.09. The summed E-state index contributed by atoms with van der Waals surface area (Å²) >= 11 is 0. The molecule has 13 heteroatoms. The molecule has 9 nitrogen and oxygen atoms in total. The molecule has 0 amide bonds. The molecule has 0 bridgehead atoms. The first kappa shape index (κ1) is 24.2. The molecular weight excluding hydrogens is 432 g/mol. The van der Waals surface area contributed by atoms with E-state index in [4.69, 9.17) is 19.0 Å². The smallest absolute Gasteiger partial charge is 0.417 e. The van der Waals surface area contributed by atoms with Crippen molar-refractivity contribution in [2.24, 2.45) is 0 Å². The van der Waals surface area contributed by atoms with Crippen LogP contribution in [0.2, 0.25) is 0 Å². The number of fused-ring (bicyclic) bond motifs is 1. The molecule has 2 aromatic rings. The number of carbonyl (C=O) groups is 1. The Morgan fingerprint density at radius 2 is 1.72 bits per heavy atom. The van der Waals surface area contributed by atoms with E-state index in [-0.39, 0.29) is 57.1 Å². The van der Waals surface area contributed by atoms with Crippen molar-refractivity contribution in [1.29, 1.82) is 0 Å². The van der Waals surface area contributed by atoms with Gasteiger partial charge in [-0.25, -0.2) is 9.59 Å². The first-order valence-electron chi connectivity index (χ1n) is 7.73. The third kappa shape index (κ3) is 5.00. The molecule has 4 N–H and O–H groups in total. The Hall–Kier alpha value is -1.03. The van der Waals surface area contributed by atoms with Gasteiger partial charge in [-0.2, -0.15) is 13.2 Å². The second-order valence-corrected chi connectivity index (χ2v) is 5.99. The van der Waals surface area contributed by atoms with Gasteiger partial charge in [0.05, 0.1) is 5.56 Å². The van der Waals surface area contributed by atoms with E-state index < -0.39 is 65.0 Å². The van der Waals surface area contributed by atoms with E-state index in [1.165, 1.54) is 0 Å². The van der Waals surface area contributed by atoms with Gasteiger partial charge in [-0.3, -0.25) is 0 Å². The van der Waals surface area contributed by atoms with Gasteiger partial charge in [0.2, 0.25) is 6.29 Å². The van der Waals surface area contributed by atoms with Crippen LogP contribution in [0.3, 0.4) is 0 Å². The van der Waals surface area contributed by atoms with Gasteiger partial charge in [0.15, 0.2) is 6.10 Å². The van der Waals surface area contributed by atoms with Crippen LogP contribution in [-0.4, -0.2) is 108 Å². The Morgan fingerprint density at radius 1 is 1.07 bits per heavy atom. The third-order valence-corrected chi connectivity index (χ3v) is 4.09. The van der Waals surface area contributed by atoms with Crippen LogP contribution in [0.25, 0.3) is 11.0 Å². The molecule has 0 saturated carbocycles. The molecule has 1 aliphatic heterocycles. The van der Waals surface area contributed by atoms with Crippen LogP contribution in [-0.2, 0) is 15.7 Å². The molecular formula is C16H13F3KO9. The number of carboxylic acid groups (broad SMARTS) is 1. The molecule has 1 aromatic heterocycles. The molecule has 2 heterocycles. The van der Waals surface area contributed by atoms with Gasteiger partial charge < -0.3 is 34.3 Å². The Balaban J connectivity index is 0.00000300. The van der Waals surface area contributed by atoms with Crippen molar-refractivity contribution >= 4 is 68.3 Å². The van der Waals surface area contributed by atoms with E-state index in [0.717, 1.165) is 18.2 Å². The number of aliphatic hydroxyl groups is 3. The normalized spacial score (nSPS) is 27.3. The number of benzene rings is 1. The number of aliphatic hydroxyl groups excluding tert-OH is 3. The van der Waals surface area contributed by atoms with E-state index in [1.54, 1.807) is 0 Å². The van der Waals surface area contributed by atoms with Crippen molar-refractivity contribution in [1.82, 2.24) is 0 Å². The number of alkyl halides is 3. The number of carboxylic acids is 1. The van der Waals surface area contributed by atoms with E-state index in [2.05, 4.69) is 0 Å². The Bertz CT molecular complexity index is 961. The average molecular weight is 445 g/mol. The Kier molecular flexibility index (Phi) is 7.52. The average Bonchev–Trinajstić information content (AvgIpc) is 2.60. The minimum Gasteiger partial charge on any atom is -0.479 e. The number of hydrogen-bond donors (Lipinski definition) is 4. The minimum atomic E-state index is -4.81. The van der Waals surface area contributed by atoms with Crippen molar-refractivity contribution in [2.45, 2.75) is 36.9 Å². The van der Waals surface area contributed by atoms with Crippen LogP contribution in [0.15, 0.2) is 33.5 Å². The second-order valence-electron chi connectivity index (χ2n) is 5.99. The van der Waals surface area contributed by atoms with Crippen LogP contribution < -0.4 is 10.4 Å². The molecule has 29 heavy (non-hydrogen) atoms. The van der Waals surface area contributed by atoms with Crippen molar-refractivity contribution in [3.8, 4) is 5.75 Å². The summed E-state index contributed by atoms with van der Waals surface area (Å²) in [5, 5.41) is 37.8. The molecule has 0 spiro atoms. The molecule has 5 unspecified atom stereocenters. The Labute approximate surface area is 202 Å². The standard InChI is InChI=1S/C16H13F3O9.K/c17-16(18,19)7-4-9(20)27-8-3-5(1-2-6(7)8)26-15-12(23)10(21)11(22)13(28-15)14(24)25;/h1-4,10-13,15,21-23H,(H,24,25);. The topological polar surface area (TPSA) is 147 Å². The zero-order valence-electron chi connectivity index (χ0n) is 14.7. The van der Waals surface area contributed by atoms with Crippen LogP contribution in [0.1, 0.15) is 5.56 Å². The summed E-state index contributed by atoms with van der Waals surface area (Å²) < 4.78 is 54.0. The van der Waals surface area contributed by atoms with Gasteiger partial charge in [0.25, 0.3) is 0 Å². The molecule has 0 aliphatic carbocycles. The predicted octanol–water partition coefficient (Wildman–Crippen LogP) is -0.298. The van der Waals surface area contributed by atoms with E-state index in [0.29, 0.717) is 6.07 Å². The monoisotopic (exact) mass is 445 g/mol. The largest absolute Gasteiger partial charge is 0.479 e. The summed E-state index contributed by atoms with van der Waals surface area (Å²) in [4.78, 5) is 22.5. The number of rotatable bonds is 3. The van der Waals surface area contributed by atoms with Gasteiger partial charge in [-0.15, -0.1) is 0 Å². The van der Waals surface area contributed by atoms with Crippen LogP contribution in [0.5, 0.6) is 5.75 Å². The number of ether oxygens (including phenoxy) is 2. The zero-order chi connectivity index (χ0) is 20.8. The van der Waals surface area contributed by atoms with Gasteiger partial charge in [0, 0.05) is 68.9 Å². The molecule has 1 aromatic carbocycles. The second kappa shape index (κ2) is 8.99. The fourth-order valence-corrected chi connectivity index (χ4v) is 2.73. The van der Waals surface area contributed by atoms with Crippen LogP contribution in [0.4, 0.5) is 13.2 Å². The molecule has 153 valence electrons. The van der Waals surface area contributed by atoms with Crippen molar-refractivity contribution in [3.63, 3.8) is 0 Å². The maximum Gasteiger partial charge on any atom is 0.417 e. The summed E-state index contributed by atoms with van der Waals surface area (Å²) in [6.07, 6.45) is -14.2. The van der Waals surface area contributed by atoms with Crippen LogP contribution >= 0.6 is 0 Å². The molecule has 1 aliphatic rings. The van der Waals surface area contributed by atoms with Gasteiger partial charge in [-0.1, -0.05) is 0 Å². The van der Waals surface area contributed by atoms with E-state index in [9.17, 15) is 38.1 Å². The maximum atomic E-state index is 13.0. The van der Waals surface area contributed by atoms with Crippen molar-refractivity contribution in [2.75, 3.05) is 0 Å². The summed E-state index contributed by atoms with van der Waals surface area (Å²) in [6, 6.07) is 3.20. The summed E-state index contributed by atoms with van der Waals surface area (Å²) in [5.41, 5.74) is -2.95. The van der Waals surface area contributed by atoms with Gasteiger partial charge in [-0.05, 0) is 12.1 Å². The first-order valence-corrected chi connectivity index (χ1v) is 7.73. The van der Waals surface area contributed by atoms with Crippen LogP contribution in [0, 0.1) is 0 Å². The van der Waals surface area contributed by atoms with Gasteiger partial charge in [0.1, 0.15) is 29.6 Å². The van der Waals surface area contributed by atoms with E-state index >= 15 is 0 Å². The quantitative estimate of drug-likeness (QED) is 0.369. The molecule has 1 radical (unpaired) electrons. The number of aliphatic carboxylic acids is 1. The SMILES string of the molecule is O=C(O)C1OC(Oc2ccc3c(C(F)(F)F)cc(=O)oc3c2)C(O)C(O)C1O.[K]. The fraction of sp³-hybridized carbons (Fsp3) is 0.375. The molecule has 5 atom stereocenters. The Morgan fingerprint density at radius 3 is 2.31 bits per heavy atom. The molecule has 1 saturated heterocycles. The summed E-state index contributed by atoms with van der Waals surface area (Å²) in [7, 11) is 0. The predicted molar refractivity (Wildman–Crippen MR) is 88.2 cm³/mol. The number of halogens is 3. The molecule has 3 rings (SSSR count). The van der Waals surface area contributed by atoms with Gasteiger partial charge >= 0.3 is 17.8 Å². The first-order chi connectivity index (χ1) is 13.0. The van der Waals surface area contributed by atoms with E-state index in [1.807, 2.05) is 0 Å². The number of hydrogen-bond acceptors (Lipinski definition) is 8. The van der Waals surface area contributed by atoms with Crippen molar-refractivity contribution in [3.05, 3.63) is 40.2 Å². The minimum absolute atomic E-state index is 0.